The van der Waals surface area contributed by atoms with Gasteiger partial charge in [-0.05, 0) is 49.1 Å². The number of fused-ring (bicyclic) bond motifs is 1. The Morgan fingerprint density at radius 1 is 1.09 bits per heavy atom. The van der Waals surface area contributed by atoms with Gasteiger partial charge in [-0.15, -0.1) is 0 Å². The van der Waals surface area contributed by atoms with Crippen LogP contribution in [0.3, 0.4) is 0 Å². The molecule has 0 fully saturated rings. The van der Waals surface area contributed by atoms with Gasteiger partial charge < -0.3 is 15.4 Å². The molecule has 0 saturated heterocycles. The number of aliphatic hydroxyl groups excluding tert-OH is 1. The number of aliphatic hydroxyl groups is 1. The van der Waals surface area contributed by atoms with Gasteiger partial charge in [0, 0.05) is 25.3 Å². The maximum Gasteiger partial charge on any atom is 0.141 e. The Morgan fingerprint density at radius 3 is 2.43 bits per heavy atom. The van der Waals surface area contributed by atoms with Crippen molar-refractivity contribution < 1.29 is 5.11 Å². The van der Waals surface area contributed by atoms with Crippen LogP contribution in [0.15, 0.2) is 36.4 Å². The molecule has 1 heterocycles. The monoisotopic (exact) mass is 309 g/mol. The van der Waals surface area contributed by atoms with Crippen molar-refractivity contribution in [2.45, 2.75) is 33.4 Å². The van der Waals surface area contributed by atoms with Crippen molar-refractivity contribution in [1.29, 1.82) is 0 Å². The number of rotatable bonds is 5. The van der Waals surface area contributed by atoms with E-state index in [0.717, 1.165) is 34.5 Å². The number of hydrogen-bond acceptors (Lipinski definition) is 3. The minimum Gasteiger partial charge on any atom is -0.396 e. The first-order chi connectivity index (χ1) is 11.1. The Kier molecular flexibility index (Phi) is 4.46. The lowest BCUT2D eigenvalue weighted by atomic mass is 10.1. The predicted molar refractivity (Wildman–Crippen MR) is 94.2 cm³/mol. The molecule has 0 aliphatic carbocycles. The molecule has 3 rings (SSSR count). The molecule has 3 aromatic rings. The van der Waals surface area contributed by atoms with Gasteiger partial charge >= 0.3 is 0 Å². The molecule has 0 aliphatic heterocycles. The molecule has 0 bridgehead atoms. The highest BCUT2D eigenvalue weighted by Crippen LogP contribution is 2.27. The first kappa shape index (κ1) is 15.7. The number of imidazole rings is 1. The van der Waals surface area contributed by atoms with E-state index >= 15 is 0 Å². The van der Waals surface area contributed by atoms with E-state index in [4.69, 9.17) is 10.7 Å². The molecule has 2 aromatic carbocycles. The van der Waals surface area contributed by atoms with Crippen LogP contribution in [0.25, 0.3) is 22.4 Å². The molecule has 0 aliphatic rings. The van der Waals surface area contributed by atoms with Crippen molar-refractivity contribution in [1.82, 2.24) is 9.55 Å². The maximum atomic E-state index is 9.22. The molecule has 0 spiro atoms. The minimum absolute atomic E-state index is 0.177. The molecule has 0 radical (unpaired) electrons. The Morgan fingerprint density at radius 2 is 1.78 bits per heavy atom. The van der Waals surface area contributed by atoms with Crippen LogP contribution in [0.4, 0.5) is 0 Å². The van der Waals surface area contributed by atoms with Crippen LogP contribution in [-0.4, -0.2) is 21.3 Å². The van der Waals surface area contributed by atoms with Crippen molar-refractivity contribution in [2.75, 3.05) is 6.61 Å². The van der Waals surface area contributed by atoms with Gasteiger partial charge in [-0.3, -0.25) is 0 Å². The largest absolute Gasteiger partial charge is 0.396 e. The highest BCUT2D eigenvalue weighted by molar-refractivity contribution is 5.82. The maximum absolute atomic E-state index is 9.22. The highest BCUT2D eigenvalue weighted by atomic mass is 16.3. The minimum atomic E-state index is 0.177. The Bertz CT molecular complexity index is 819. The van der Waals surface area contributed by atoms with Crippen LogP contribution in [0.1, 0.15) is 23.1 Å². The van der Waals surface area contributed by atoms with Crippen LogP contribution < -0.4 is 5.73 Å². The van der Waals surface area contributed by atoms with E-state index in [1.165, 1.54) is 11.1 Å². The summed E-state index contributed by atoms with van der Waals surface area (Å²) in [6.45, 7) is 5.70. The summed E-state index contributed by atoms with van der Waals surface area (Å²) in [5, 5.41) is 9.22. The van der Waals surface area contributed by atoms with Gasteiger partial charge in [0.05, 0.1) is 11.0 Å². The normalized spacial score (nSPS) is 11.3. The molecule has 1 aromatic heterocycles. The molecule has 0 saturated carbocycles. The Labute approximate surface area is 136 Å². The van der Waals surface area contributed by atoms with E-state index in [1.807, 2.05) is 12.1 Å². The summed E-state index contributed by atoms with van der Waals surface area (Å²) in [5.41, 5.74) is 12.5. The molecule has 0 amide bonds. The van der Waals surface area contributed by atoms with Crippen molar-refractivity contribution in [3.63, 3.8) is 0 Å². The summed E-state index contributed by atoms with van der Waals surface area (Å²) >= 11 is 0. The quantitative estimate of drug-likeness (QED) is 0.761. The van der Waals surface area contributed by atoms with Gasteiger partial charge in [0.15, 0.2) is 0 Å². The Hall–Kier alpha value is -2.17. The summed E-state index contributed by atoms with van der Waals surface area (Å²) in [5.74, 6) is 0.946. The summed E-state index contributed by atoms with van der Waals surface area (Å²) in [4.78, 5) is 4.84. The van der Waals surface area contributed by atoms with E-state index < -0.39 is 0 Å². The second-order valence-corrected chi connectivity index (χ2v) is 5.99. The molecule has 3 N–H and O–H groups in total. The highest BCUT2D eigenvalue weighted by Gasteiger charge is 2.13. The van der Waals surface area contributed by atoms with Crippen LogP contribution in [0.5, 0.6) is 0 Å². The summed E-state index contributed by atoms with van der Waals surface area (Å²) in [7, 11) is 0. The van der Waals surface area contributed by atoms with E-state index in [0.29, 0.717) is 13.0 Å². The van der Waals surface area contributed by atoms with Gasteiger partial charge in [-0.1, -0.05) is 24.3 Å². The van der Waals surface area contributed by atoms with Gasteiger partial charge in [-0.2, -0.15) is 0 Å². The lowest BCUT2D eigenvalue weighted by Gasteiger charge is -2.09. The fourth-order valence-corrected chi connectivity index (χ4v) is 2.85. The average Bonchev–Trinajstić information content (AvgIpc) is 2.91. The van der Waals surface area contributed by atoms with E-state index in [1.54, 1.807) is 0 Å². The molecule has 120 valence electrons. The second-order valence-electron chi connectivity index (χ2n) is 5.99. The number of benzene rings is 2. The number of nitrogens with two attached hydrogens (primary N) is 1. The smallest absolute Gasteiger partial charge is 0.141 e. The zero-order valence-electron chi connectivity index (χ0n) is 13.7. The van der Waals surface area contributed by atoms with Crippen molar-refractivity contribution in [2.24, 2.45) is 5.73 Å². The lowest BCUT2D eigenvalue weighted by molar-refractivity contribution is 0.281. The molecule has 4 heteroatoms. The SMILES string of the molecule is Cc1cc2nc(-c3ccc(CN)cc3)n(CCCO)c2cc1C. The van der Waals surface area contributed by atoms with Crippen LogP contribution in [0.2, 0.25) is 0 Å². The van der Waals surface area contributed by atoms with Crippen LogP contribution >= 0.6 is 0 Å². The summed E-state index contributed by atoms with van der Waals surface area (Å²) < 4.78 is 2.20. The lowest BCUT2D eigenvalue weighted by Crippen LogP contribution is -2.03. The van der Waals surface area contributed by atoms with Crippen LogP contribution in [-0.2, 0) is 13.1 Å². The number of nitrogens with zero attached hydrogens (tertiary/aromatic N) is 2. The average molecular weight is 309 g/mol. The van der Waals surface area contributed by atoms with Crippen molar-refractivity contribution in [3.8, 4) is 11.4 Å². The fraction of sp³-hybridized carbons (Fsp3) is 0.316. The summed E-state index contributed by atoms with van der Waals surface area (Å²) in [6, 6.07) is 12.5. The standard InChI is InChI=1S/C19H23N3O/c1-13-10-17-18(11-14(13)2)22(8-3-9-23)19(21-17)16-6-4-15(12-20)5-7-16/h4-7,10-11,23H,3,8-9,12,20H2,1-2H3. The first-order valence-corrected chi connectivity index (χ1v) is 8.01. The van der Waals surface area contributed by atoms with Gasteiger partial charge in [0.1, 0.15) is 5.82 Å². The zero-order chi connectivity index (χ0) is 16.4. The number of aromatic nitrogens is 2. The summed E-state index contributed by atoms with van der Waals surface area (Å²) in [6.07, 6.45) is 0.715. The third-order valence-corrected chi connectivity index (χ3v) is 4.35. The van der Waals surface area contributed by atoms with Gasteiger partial charge in [0.2, 0.25) is 0 Å². The fourth-order valence-electron chi connectivity index (χ4n) is 2.85. The topological polar surface area (TPSA) is 64.1 Å². The van der Waals surface area contributed by atoms with Gasteiger partial charge in [0.25, 0.3) is 0 Å². The molecular weight excluding hydrogens is 286 g/mol. The van der Waals surface area contributed by atoms with Crippen molar-refractivity contribution >= 4 is 11.0 Å². The third kappa shape index (κ3) is 3.00. The zero-order valence-corrected chi connectivity index (χ0v) is 13.7. The Balaban J connectivity index is 2.16. The molecule has 0 unspecified atom stereocenters. The van der Waals surface area contributed by atoms with E-state index in [-0.39, 0.29) is 6.61 Å². The number of aryl methyl sites for hydroxylation is 3. The molecular formula is C19H23N3O. The van der Waals surface area contributed by atoms with Crippen molar-refractivity contribution in [3.05, 3.63) is 53.1 Å². The molecule has 0 atom stereocenters. The molecule has 23 heavy (non-hydrogen) atoms. The third-order valence-electron chi connectivity index (χ3n) is 4.35. The predicted octanol–water partition coefficient (Wildman–Crippen LogP) is 3.16. The van der Waals surface area contributed by atoms with E-state index in [2.05, 4.69) is 42.7 Å². The van der Waals surface area contributed by atoms with Crippen LogP contribution in [0, 0.1) is 13.8 Å². The first-order valence-electron chi connectivity index (χ1n) is 8.01. The molecule has 4 nitrogen and oxygen atoms in total. The van der Waals surface area contributed by atoms with Gasteiger partial charge in [-0.25, -0.2) is 4.98 Å². The number of hydrogen-bond donors (Lipinski definition) is 2. The second kappa shape index (κ2) is 6.52. The van der Waals surface area contributed by atoms with E-state index in [9.17, 15) is 5.11 Å².